The number of hydrogen-bond acceptors (Lipinski definition) is 4. The molecule has 0 spiro atoms. The Labute approximate surface area is 124 Å². The van der Waals surface area contributed by atoms with Crippen LogP contribution >= 0.6 is 11.6 Å². The molecule has 1 amide bonds. The van der Waals surface area contributed by atoms with Crippen LogP contribution in [0.3, 0.4) is 0 Å². The van der Waals surface area contributed by atoms with Crippen molar-refractivity contribution in [2.75, 3.05) is 5.32 Å². The second-order valence-corrected chi connectivity index (χ2v) is 5.34. The Morgan fingerprint density at radius 2 is 1.90 bits per heavy atom. The molecule has 21 heavy (non-hydrogen) atoms. The zero-order valence-corrected chi connectivity index (χ0v) is 11.7. The summed E-state index contributed by atoms with van der Waals surface area (Å²) < 4.78 is 37.9. The summed E-state index contributed by atoms with van der Waals surface area (Å²) in [6.45, 7) is 0. The topological polar surface area (TPSA) is 80.9 Å². The molecule has 1 aromatic rings. The highest BCUT2D eigenvalue weighted by Crippen LogP contribution is 2.31. The highest BCUT2D eigenvalue weighted by atomic mass is 35.5. The standard InChI is InChI=1S/C12H14ClF3N4O/c13-11-19-8(12(14,15)16)5-9(20-11)18-7-3-1-6(2-4-7)10(17)21/h5-7H,1-4H2,(H2,17,21)(H,18,19,20). The van der Waals surface area contributed by atoms with Crippen LogP contribution < -0.4 is 11.1 Å². The van der Waals surface area contributed by atoms with Gasteiger partial charge >= 0.3 is 6.18 Å². The molecule has 5 nitrogen and oxygen atoms in total. The number of nitrogens with one attached hydrogen (secondary N) is 1. The average Bonchev–Trinajstić information content (AvgIpc) is 2.37. The SMILES string of the molecule is NC(=O)C1CCC(Nc2cc(C(F)(F)F)nc(Cl)n2)CC1. The smallest absolute Gasteiger partial charge is 0.369 e. The van der Waals surface area contributed by atoms with Crippen molar-refractivity contribution in [2.24, 2.45) is 11.7 Å². The summed E-state index contributed by atoms with van der Waals surface area (Å²) in [6, 6.07) is 0.763. The molecular weight excluding hydrogens is 309 g/mol. The number of halogens is 4. The Balaban J connectivity index is 2.04. The summed E-state index contributed by atoms with van der Waals surface area (Å²) in [4.78, 5) is 18.0. The highest BCUT2D eigenvalue weighted by molar-refractivity contribution is 6.28. The predicted octanol–water partition coefficient (Wildman–Crippen LogP) is 2.60. The van der Waals surface area contributed by atoms with E-state index in [2.05, 4.69) is 15.3 Å². The highest BCUT2D eigenvalue weighted by Gasteiger charge is 2.34. The van der Waals surface area contributed by atoms with Crippen LogP contribution in [0.15, 0.2) is 6.07 Å². The fraction of sp³-hybridized carbons (Fsp3) is 0.583. The van der Waals surface area contributed by atoms with Crippen LogP contribution in [0.1, 0.15) is 31.4 Å². The van der Waals surface area contributed by atoms with Crippen LogP contribution in [0.4, 0.5) is 19.0 Å². The number of primary amides is 1. The van der Waals surface area contributed by atoms with Crippen molar-refractivity contribution in [3.05, 3.63) is 17.0 Å². The first-order valence-corrected chi connectivity index (χ1v) is 6.81. The van der Waals surface area contributed by atoms with E-state index in [1.165, 1.54) is 0 Å². The van der Waals surface area contributed by atoms with Gasteiger partial charge in [0.05, 0.1) is 0 Å². The monoisotopic (exact) mass is 322 g/mol. The van der Waals surface area contributed by atoms with Crippen LogP contribution in [-0.4, -0.2) is 21.9 Å². The summed E-state index contributed by atoms with van der Waals surface area (Å²) in [5, 5.41) is 2.45. The molecule has 2 rings (SSSR count). The molecule has 1 heterocycles. The number of carbonyl (C=O) groups is 1. The molecule has 0 saturated heterocycles. The molecule has 1 aliphatic carbocycles. The quantitative estimate of drug-likeness (QED) is 0.838. The number of amides is 1. The van der Waals surface area contributed by atoms with E-state index in [0.717, 1.165) is 6.07 Å². The second kappa shape index (κ2) is 6.05. The van der Waals surface area contributed by atoms with E-state index in [4.69, 9.17) is 17.3 Å². The first kappa shape index (κ1) is 15.8. The number of nitrogens with zero attached hydrogens (tertiary/aromatic N) is 2. The van der Waals surface area contributed by atoms with Gasteiger partial charge in [0.25, 0.3) is 0 Å². The van der Waals surface area contributed by atoms with E-state index in [-0.39, 0.29) is 23.7 Å². The molecular formula is C12H14ClF3N4O. The molecule has 0 bridgehead atoms. The van der Waals surface area contributed by atoms with E-state index >= 15 is 0 Å². The summed E-state index contributed by atoms with van der Waals surface area (Å²) in [6.07, 6.45) is -2.09. The molecule has 9 heteroatoms. The van der Waals surface area contributed by atoms with E-state index < -0.39 is 17.2 Å². The Kier molecular flexibility index (Phi) is 4.55. The minimum atomic E-state index is -4.58. The molecule has 0 unspecified atom stereocenters. The van der Waals surface area contributed by atoms with Crippen LogP contribution in [-0.2, 0) is 11.0 Å². The Bertz CT molecular complexity index is 530. The Morgan fingerprint density at radius 1 is 1.29 bits per heavy atom. The maximum Gasteiger partial charge on any atom is 0.433 e. The van der Waals surface area contributed by atoms with Crippen molar-refractivity contribution in [2.45, 2.75) is 37.9 Å². The van der Waals surface area contributed by atoms with Gasteiger partial charge in [0.15, 0.2) is 5.69 Å². The van der Waals surface area contributed by atoms with Gasteiger partial charge in [0.2, 0.25) is 11.2 Å². The fourth-order valence-electron chi connectivity index (χ4n) is 2.37. The first-order chi connectivity index (χ1) is 9.75. The average molecular weight is 323 g/mol. The first-order valence-electron chi connectivity index (χ1n) is 6.43. The van der Waals surface area contributed by atoms with Crippen LogP contribution in [0.25, 0.3) is 0 Å². The molecule has 0 radical (unpaired) electrons. The minimum Gasteiger partial charge on any atom is -0.369 e. The van der Waals surface area contributed by atoms with Gasteiger partial charge in [-0.25, -0.2) is 9.97 Å². The van der Waals surface area contributed by atoms with Crippen LogP contribution in [0, 0.1) is 5.92 Å². The third kappa shape index (κ3) is 4.20. The van der Waals surface area contributed by atoms with E-state index in [0.29, 0.717) is 25.7 Å². The summed E-state index contributed by atoms with van der Waals surface area (Å²) in [5.74, 6) is -0.467. The number of nitrogens with two attached hydrogens (primary N) is 1. The van der Waals surface area contributed by atoms with Gasteiger partial charge in [0, 0.05) is 18.0 Å². The molecule has 1 aliphatic rings. The molecule has 0 atom stereocenters. The number of hydrogen-bond donors (Lipinski definition) is 2. The zero-order valence-electron chi connectivity index (χ0n) is 11.0. The largest absolute Gasteiger partial charge is 0.433 e. The maximum atomic E-state index is 12.6. The normalized spacial score (nSPS) is 22.9. The van der Waals surface area contributed by atoms with Gasteiger partial charge in [-0.05, 0) is 37.3 Å². The number of anilines is 1. The lowest BCUT2D eigenvalue weighted by atomic mass is 9.85. The van der Waals surface area contributed by atoms with Gasteiger partial charge in [-0.1, -0.05) is 0 Å². The van der Waals surface area contributed by atoms with Crippen LogP contribution in [0.5, 0.6) is 0 Å². The third-order valence-corrected chi connectivity index (χ3v) is 3.64. The van der Waals surface area contributed by atoms with Gasteiger partial charge in [-0.15, -0.1) is 0 Å². The predicted molar refractivity (Wildman–Crippen MR) is 70.6 cm³/mol. The Hall–Kier alpha value is -1.57. The van der Waals surface area contributed by atoms with Crippen molar-refractivity contribution >= 4 is 23.3 Å². The third-order valence-electron chi connectivity index (χ3n) is 3.47. The zero-order chi connectivity index (χ0) is 15.6. The number of alkyl halides is 3. The van der Waals surface area contributed by atoms with Crippen molar-refractivity contribution in [1.29, 1.82) is 0 Å². The van der Waals surface area contributed by atoms with E-state index in [1.807, 2.05) is 0 Å². The fourth-order valence-corrected chi connectivity index (χ4v) is 2.55. The maximum absolute atomic E-state index is 12.6. The summed E-state index contributed by atoms with van der Waals surface area (Å²) in [5.41, 5.74) is 4.14. The van der Waals surface area contributed by atoms with E-state index in [9.17, 15) is 18.0 Å². The van der Waals surface area contributed by atoms with Crippen molar-refractivity contribution in [3.8, 4) is 0 Å². The Morgan fingerprint density at radius 3 is 2.43 bits per heavy atom. The summed E-state index contributed by atoms with van der Waals surface area (Å²) >= 11 is 5.52. The molecule has 116 valence electrons. The van der Waals surface area contributed by atoms with Crippen molar-refractivity contribution in [1.82, 2.24) is 9.97 Å². The molecule has 3 N–H and O–H groups in total. The molecule has 1 fully saturated rings. The van der Waals surface area contributed by atoms with Gasteiger partial charge in [-0.2, -0.15) is 13.2 Å². The lowest BCUT2D eigenvalue weighted by Crippen LogP contribution is -2.32. The molecule has 1 saturated carbocycles. The van der Waals surface area contributed by atoms with Gasteiger partial charge in [-0.3, -0.25) is 4.79 Å². The van der Waals surface area contributed by atoms with Gasteiger partial charge in [0.1, 0.15) is 5.82 Å². The van der Waals surface area contributed by atoms with Crippen LogP contribution in [0.2, 0.25) is 5.28 Å². The second-order valence-electron chi connectivity index (χ2n) is 5.00. The number of rotatable bonds is 3. The number of aromatic nitrogens is 2. The van der Waals surface area contributed by atoms with Gasteiger partial charge < -0.3 is 11.1 Å². The summed E-state index contributed by atoms with van der Waals surface area (Å²) in [7, 11) is 0. The number of carbonyl (C=O) groups excluding carboxylic acids is 1. The van der Waals surface area contributed by atoms with Crippen molar-refractivity contribution < 1.29 is 18.0 Å². The molecule has 1 aromatic heterocycles. The minimum absolute atomic E-state index is 0.0323. The molecule has 0 aromatic carbocycles. The lowest BCUT2D eigenvalue weighted by molar-refractivity contribution is -0.141. The molecule has 0 aliphatic heterocycles. The lowest BCUT2D eigenvalue weighted by Gasteiger charge is -2.27. The van der Waals surface area contributed by atoms with E-state index in [1.54, 1.807) is 0 Å². The van der Waals surface area contributed by atoms with Crippen molar-refractivity contribution in [3.63, 3.8) is 0 Å².